The van der Waals surface area contributed by atoms with Crippen LogP contribution in [0.4, 0.5) is 5.13 Å². The molecule has 9 heteroatoms. The summed E-state index contributed by atoms with van der Waals surface area (Å²) in [6.07, 6.45) is 4.20. The first kappa shape index (κ1) is 20.7. The van der Waals surface area contributed by atoms with Gasteiger partial charge in [0.2, 0.25) is 5.91 Å². The Morgan fingerprint density at radius 1 is 1.25 bits per heavy atom. The van der Waals surface area contributed by atoms with Crippen LogP contribution in [0, 0.1) is 6.92 Å². The van der Waals surface area contributed by atoms with Crippen molar-refractivity contribution in [3.8, 4) is 27.5 Å². The molecule has 0 unspecified atom stereocenters. The number of pyridine rings is 1. The van der Waals surface area contributed by atoms with Gasteiger partial charge in [0.15, 0.2) is 5.13 Å². The second-order valence-corrected chi connectivity index (χ2v) is 9.43. The third-order valence-electron chi connectivity index (χ3n) is 5.31. The molecule has 1 amide bonds. The molecule has 0 spiro atoms. The highest BCUT2D eigenvalue weighted by Gasteiger charge is 2.30. The van der Waals surface area contributed by atoms with Gasteiger partial charge in [0.05, 0.1) is 27.6 Å². The molecule has 1 aliphatic rings. The van der Waals surface area contributed by atoms with Crippen molar-refractivity contribution < 1.29 is 9.59 Å². The summed E-state index contributed by atoms with van der Waals surface area (Å²) >= 11 is 5.05. The van der Waals surface area contributed by atoms with Gasteiger partial charge in [-0.25, -0.2) is 9.67 Å². The Morgan fingerprint density at radius 3 is 2.78 bits per heavy atom. The monoisotopic (exact) mass is 507 g/mol. The summed E-state index contributed by atoms with van der Waals surface area (Å²) in [5, 5.41) is 8.38. The Morgan fingerprint density at radius 2 is 2.09 bits per heavy atom. The first-order valence-electron chi connectivity index (χ1n) is 10.0. The van der Waals surface area contributed by atoms with Crippen LogP contribution in [-0.2, 0) is 17.6 Å². The van der Waals surface area contributed by atoms with Gasteiger partial charge in [-0.05, 0) is 66.0 Å². The van der Waals surface area contributed by atoms with E-state index < -0.39 is 0 Å². The fraction of sp³-hybridized carbons (Fsp3) is 0.174. The predicted molar refractivity (Wildman–Crippen MR) is 127 cm³/mol. The van der Waals surface area contributed by atoms with Gasteiger partial charge < -0.3 is 5.32 Å². The minimum absolute atomic E-state index is 0.150. The maximum atomic E-state index is 11.6. The molecule has 0 atom stereocenters. The van der Waals surface area contributed by atoms with E-state index in [9.17, 15) is 9.59 Å². The average Bonchev–Trinajstić information content (AvgIpc) is 3.34. The smallest absolute Gasteiger partial charge is 0.223 e. The minimum atomic E-state index is -0.150. The number of carbonyl (C=O) groups excluding carboxylic acids is 2. The molecule has 0 saturated carbocycles. The lowest BCUT2D eigenvalue weighted by atomic mass is 9.95. The van der Waals surface area contributed by atoms with Crippen molar-refractivity contribution in [3.63, 3.8) is 0 Å². The van der Waals surface area contributed by atoms with Gasteiger partial charge in [-0.15, -0.1) is 0 Å². The summed E-state index contributed by atoms with van der Waals surface area (Å²) in [5.41, 5.74) is 7.18. The maximum absolute atomic E-state index is 11.6. The molecule has 160 valence electrons. The van der Waals surface area contributed by atoms with E-state index in [2.05, 4.69) is 31.2 Å². The van der Waals surface area contributed by atoms with Crippen molar-refractivity contribution in [1.29, 1.82) is 0 Å². The quantitative estimate of drug-likeness (QED) is 0.392. The van der Waals surface area contributed by atoms with Gasteiger partial charge in [-0.3, -0.25) is 14.6 Å². The third kappa shape index (κ3) is 3.57. The van der Waals surface area contributed by atoms with Gasteiger partial charge in [0.1, 0.15) is 6.29 Å². The molecule has 4 aromatic rings. The topological polar surface area (TPSA) is 89.8 Å². The molecule has 0 bridgehead atoms. The first-order valence-corrected chi connectivity index (χ1v) is 11.6. The summed E-state index contributed by atoms with van der Waals surface area (Å²) in [5.74, 6) is -0.150. The molecule has 3 heterocycles. The predicted octanol–water partition coefficient (Wildman–Crippen LogP) is 5.00. The number of fused-ring (bicyclic) bond motifs is 3. The van der Waals surface area contributed by atoms with Crippen LogP contribution in [0.1, 0.15) is 34.2 Å². The molecule has 1 N–H and O–H groups in total. The van der Waals surface area contributed by atoms with Gasteiger partial charge in [0, 0.05) is 40.0 Å². The number of hydrogen-bond acceptors (Lipinski definition) is 6. The lowest BCUT2D eigenvalue weighted by Gasteiger charge is -2.15. The number of hydrogen-bond donors (Lipinski definition) is 1. The van der Waals surface area contributed by atoms with E-state index >= 15 is 0 Å². The molecular formula is C23H18BrN5O2S. The molecular weight excluding hydrogens is 490 g/mol. The second kappa shape index (κ2) is 8.07. The van der Waals surface area contributed by atoms with Crippen LogP contribution in [0.15, 0.2) is 41.0 Å². The Kier molecular flexibility index (Phi) is 5.22. The summed E-state index contributed by atoms with van der Waals surface area (Å²) in [6, 6.07) is 9.44. The van der Waals surface area contributed by atoms with E-state index in [1.54, 1.807) is 12.1 Å². The summed E-state index contributed by atoms with van der Waals surface area (Å²) in [6.45, 7) is 3.43. The number of thiazole rings is 1. The number of nitrogens with zero attached hydrogens (tertiary/aromatic N) is 4. The number of benzene rings is 1. The lowest BCUT2D eigenvalue weighted by molar-refractivity contribution is -0.114. The number of rotatable bonds is 4. The van der Waals surface area contributed by atoms with E-state index in [0.29, 0.717) is 10.7 Å². The van der Waals surface area contributed by atoms with E-state index in [1.807, 2.05) is 36.0 Å². The van der Waals surface area contributed by atoms with Gasteiger partial charge in [-0.1, -0.05) is 11.3 Å². The maximum Gasteiger partial charge on any atom is 0.223 e. The molecule has 3 aromatic heterocycles. The van der Waals surface area contributed by atoms with Crippen LogP contribution < -0.4 is 5.32 Å². The summed E-state index contributed by atoms with van der Waals surface area (Å²) < 4.78 is 2.66. The van der Waals surface area contributed by atoms with E-state index in [1.165, 1.54) is 18.3 Å². The Balaban J connectivity index is 1.75. The molecule has 0 saturated heterocycles. The number of aryl methyl sites for hydroxylation is 2. The lowest BCUT2D eigenvalue weighted by Crippen LogP contribution is -2.07. The molecule has 5 rings (SSSR count). The number of aromatic nitrogens is 4. The number of aldehydes is 1. The van der Waals surface area contributed by atoms with E-state index in [-0.39, 0.29) is 5.91 Å². The zero-order valence-electron chi connectivity index (χ0n) is 17.3. The number of halogens is 1. The van der Waals surface area contributed by atoms with Gasteiger partial charge in [0.25, 0.3) is 0 Å². The zero-order valence-corrected chi connectivity index (χ0v) is 19.7. The normalized spacial score (nSPS) is 12.2. The number of carbonyl (C=O) groups is 2. The Bertz CT molecular complexity index is 1370. The second-order valence-electron chi connectivity index (χ2n) is 7.58. The molecule has 0 fully saturated rings. The highest BCUT2D eigenvalue weighted by molar-refractivity contribution is 9.10. The standard InChI is InChI=1S/C23H18BrN5O2S/c1-12-3-5-15(10-25-12)20-16-6-7-18-22(32-23(27-18)26-13(2)31)21(16)29(28-20)19-8-4-14(11-30)9-17(19)24/h3-5,8-11H,6-7H2,1-2H3,(H,26,27,31). The van der Waals surface area contributed by atoms with Gasteiger partial charge >= 0.3 is 0 Å². The Hall–Kier alpha value is -3.17. The molecule has 1 aromatic carbocycles. The average molecular weight is 508 g/mol. The van der Waals surface area contributed by atoms with Crippen molar-refractivity contribution in [2.45, 2.75) is 26.7 Å². The number of nitrogens with one attached hydrogen (secondary N) is 1. The van der Waals surface area contributed by atoms with Gasteiger partial charge in [-0.2, -0.15) is 5.10 Å². The van der Waals surface area contributed by atoms with Crippen LogP contribution in [0.5, 0.6) is 0 Å². The highest BCUT2D eigenvalue weighted by atomic mass is 79.9. The van der Waals surface area contributed by atoms with Crippen molar-refractivity contribution >= 4 is 44.6 Å². The minimum Gasteiger partial charge on any atom is -0.302 e. The van der Waals surface area contributed by atoms with Crippen LogP contribution in [0.2, 0.25) is 0 Å². The van der Waals surface area contributed by atoms with Crippen LogP contribution in [0.25, 0.3) is 27.5 Å². The third-order valence-corrected chi connectivity index (χ3v) is 6.97. The fourth-order valence-electron chi connectivity index (χ4n) is 3.86. The molecule has 0 aliphatic heterocycles. The van der Waals surface area contributed by atoms with Crippen LogP contribution >= 0.6 is 27.3 Å². The van der Waals surface area contributed by atoms with E-state index in [4.69, 9.17) is 5.10 Å². The fourth-order valence-corrected chi connectivity index (χ4v) is 5.54. The van der Waals surface area contributed by atoms with Crippen molar-refractivity contribution in [3.05, 3.63) is 63.5 Å². The largest absolute Gasteiger partial charge is 0.302 e. The van der Waals surface area contributed by atoms with Crippen molar-refractivity contribution in [2.24, 2.45) is 0 Å². The molecule has 0 radical (unpaired) electrons. The number of anilines is 1. The van der Waals surface area contributed by atoms with Crippen LogP contribution in [-0.4, -0.2) is 31.9 Å². The number of amides is 1. The SMILES string of the molecule is CC(=O)Nc1nc2c(s1)-c1c(c(-c3ccc(C)nc3)nn1-c1ccc(C=O)cc1Br)CC2. The molecule has 1 aliphatic carbocycles. The zero-order chi connectivity index (χ0) is 22.4. The van der Waals surface area contributed by atoms with Crippen LogP contribution in [0.3, 0.4) is 0 Å². The molecule has 32 heavy (non-hydrogen) atoms. The first-order chi connectivity index (χ1) is 15.4. The van der Waals surface area contributed by atoms with E-state index in [0.717, 1.165) is 68.1 Å². The van der Waals surface area contributed by atoms with Crippen molar-refractivity contribution in [1.82, 2.24) is 19.7 Å². The highest BCUT2D eigenvalue weighted by Crippen LogP contribution is 2.44. The molecule has 7 nitrogen and oxygen atoms in total. The van der Waals surface area contributed by atoms with Crippen molar-refractivity contribution in [2.75, 3.05) is 5.32 Å². The Labute approximate surface area is 196 Å². The summed E-state index contributed by atoms with van der Waals surface area (Å²) in [4.78, 5) is 32.9. The summed E-state index contributed by atoms with van der Waals surface area (Å²) in [7, 11) is 0.